The minimum Gasteiger partial charge on any atom is -0.331 e. The number of carbonyl (C=O) groups excluding carboxylic acids is 1. The van der Waals surface area contributed by atoms with E-state index in [0.29, 0.717) is 0 Å². The highest BCUT2D eigenvalue weighted by atomic mass is 16.1. The highest BCUT2D eigenvalue weighted by molar-refractivity contribution is 5.51. The van der Waals surface area contributed by atoms with Crippen molar-refractivity contribution in [2.45, 2.75) is 0 Å². The number of hydrogen-bond acceptors (Lipinski definition) is 1. The van der Waals surface area contributed by atoms with E-state index in [0.717, 1.165) is 13.1 Å². The van der Waals surface area contributed by atoms with Crippen molar-refractivity contribution in [2.24, 2.45) is 0 Å². The number of nitrogens with zero attached hydrogens (tertiary/aromatic N) is 1. The van der Waals surface area contributed by atoms with E-state index in [-0.39, 0.29) is 0 Å². The molecule has 0 unspecified atom stereocenters. The zero-order valence-electron chi connectivity index (χ0n) is 2.77. The maximum atomic E-state index is 9.37. The maximum Gasteiger partial charge on any atom is 0.312 e. The molecular weight excluding hydrogens is 66.0 g/mol. The third kappa shape index (κ3) is 0.375. The molecule has 0 aromatic heterocycles. The molecule has 1 aliphatic heterocycles. The Kier molecular flexibility index (Phi) is 0.381. The van der Waals surface area contributed by atoms with Gasteiger partial charge in [0.1, 0.15) is 0 Å². The Morgan fingerprint density at radius 2 is 2.20 bits per heavy atom. The second kappa shape index (κ2) is 0.708. The molecule has 1 aliphatic rings. The Morgan fingerprint density at radius 3 is 2.20 bits per heavy atom. The minimum absolute atomic E-state index is 0.920. The number of amides is 1. The molecule has 1 fully saturated rings. The summed E-state index contributed by atoms with van der Waals surface area (Å²) in [6.45, 7) is 1.84. The average Bonchev–Trinajstić information content (AvgIpc) is 2.12. The molecule has 0 bridgehead atoms. The number of hydrogen-bond donors (Lipinski definition) is 0. The van der Waals surface area contributed by atoms with Gasteiger partial charge in [-0.15, -0.1) is 0 Å². The minimum atomic E-state index is 0.920. The summed E-state index contributed by atoms with van der Waals surface area (Å²) in [7, 11) is 0. The van der Waals surface area contributed by atoms with Crippen LogP contribution in [0.25, 0.3) is 0 Å². The maximum absolute atomic E-state index is 9.37. The molecule has 0 aromatic rings. The van der Waals surface area contributed by atoms with Crippen LogP contribution in [0, 0.1) is 0 Å². The quantitative estimate of drug-likeness (QED) is 0.376. The smallest absolute Gasteiger partial charge is 0.312 e. The fourth-order valence-corrected chi connectivity index (χ4v) is 0.141. The van der Waals surface area contributed by atoms with Gasteiger partial charge in [0.2, 0.25) is 0 Å². The molecule has 2 nitrogen and oxygen atoms in total. The topological polar surface area (TPSA) is 20.1 Å². The summed E-state index contributed by atoms with van der Waals surface area (Å²) in [4.78, 5) is 10.9. The van der Waals surface area contributed by atoms with Gasteiger partial charge in [-0.25, -0.2) is 0 Å². The van der Waals surface area contributed by atoms with Gasteiger partial charge in [0.15, 0.2) is 0 Å². The van der Waals surface area contributed by atoms with Gasteiger partial charge in [-0.3, -0.25) is 4.79 Å². The first kappa shape index (κ1) is 2.69. The molecule has 1 heterocycles. The number of rotatable bonds is 1. The highest BCUT2D eigenvalue weighted by Gasteiger charge is 2.13. The van der Waals surface area contributed by atoms with Crippen LogP contribution in [-0.2, 0) is 4.79 Å². The molecule has 1 amide bonds. The fraction of sp³-hybridized carbons (Fsp3) is 0.667. The Morgan fingerprint density at radius 1 is 1.60 bits per heavy atom. The fourth-order valence-electron chi connectivity index (χ4n) is 0.141. The van der Waals surface area contributed by atoms with Gasteiger partial charge < -0.3 is 4.90 Å². The molecule has 5 heavy (non-hydrogen) atoms. The van der Waals surface area contributed by atoms with E-state index in [2.05, 4.69) is 0 Å². The van der Waals surface area contributed by atoms with Gasteiger partial charge in [-0.05, 0) is 0 Å². The van der Waals surface area contributed by atoms with Crippen molar-refractivity contribution in [3.05, 3.63) is 0 Å². The van der Waals surface area contributed by atoms with Crippen LogP contribution in [0.1, 0.15) is 0 Å². The molecule has 1 rings (SSSR count). The van der Waals surface area contributed by atoms with Crippen LogP contribution in [0.5, 0.6) is 0 Å². The van der Waals surface area contributed by atoms with Crippen LogP contribution >= 0.6 is 0 Å². The van der Waals surface area contributed by atoms with Gasteiger partial charge in [-0.1, -0.05) is 0 Å². The van der Waals surface area contributed by atoms with Gasteiger partial charge in [-0.2, -0.15) is 0 Å². The van der Waals surface area contributed by atoms with Crippen molar-refractivity contribution in [3.63, 3.8) is 0 Å². The second-order valence-electron chi connectivity index (χ2n) is 1.08. The molecule has 1 radical (unpaired) electrons. The predicted molar refractivity (Wildman–Crippen MR) is 17.3 cm³/mol. The van der Waals surface area contributed by atoms with E-state index in [9.17, 15) is 4.79 Å². The van der Waals surface area contributed by atoms with Crippen LogP contribution in [-0.4, -0.2) is 24.4 Å². The molecule has 2 heteroatoms. The van der Waals surface area contributed by atoms with E-state index in [1.807, 2.05) is 0 Å². The van der Waals surface area contributed by atoms with E-state index in [1.54, 1.807) is 11.3 Å². The Balaban J connectivity index is 2.21. The van der Waals surface area contributed by atoms with Crippen molar-refractivity contribution in [2.75, 3.05) is 13.1 Å². The standard InChI is InChI=1S/C3H4NO/c5-3-4-1-2-4/h1-2H2. The first-order valence-corrected chi connectivity index (χ1v) is 1.56. The van der Waals surface area contributed by atoms with Gasteiger partial charge in [0.25, 0.3) is 0 Å². The molecule has 0 N–H and O–H groups in total. The third-order valence-corrected chi connectivity index (χ3v) is 0.576. The zero-order chi connectivity index (χ0) is 3.70. The van der Waals surface area contributed by atoms with E-state index < -0.39 is 0 Å². The largest absolute Gasteiger partial charge is 0.331 e. The summed E-state index contributed by atoms with van der Waals surface area (Å²) in [5.41, 5.74) is 0. The first-order valence-electron chi connectivity index (χ1n) is 1.56. The molecule has 0 atom stereocenters. The van der Waals surface area contributed by atoms with E-state index in [4.69, 9.17) is 0 Å². The van der Waals surface area contributed by atoms with Crippen LogP contribution in [0.3, 0.4) is 0 Å². The predicted octanol–water partition coefficient (Wildman–Crippen LogP) is -0.631. The third-order valence-electron chi connectivity index (χ3n) is 0.576. The van der Waals surface area contributed by atoms with Crippen molar-refractivity contribution in [3.8, 4) is 0 Å². The molecule has 27 valence electrons. The summed E-state index contributed by atoms with van der Waals surface area (Å²) in [5, 5.41) is 0. The van der Waals surface area contributed by atoms with Gasteiger partial charge >= 0.3 is 6.41 Å². The average molecular weight is 70.1 g/mol. The second-order valence-corrected chi connectivity index (χ2v) is 1.08. The molecule has 0 aliphatic carbocycles. The summed E-state index contributed by atoms with van der Waals surface area (Å²) >= 11 is 0. The van der Waals surface area contributed by atoms with Crippen LogP contribution in [0.15, 0.2) is 0 Å². The molecule has 0 spiro atoms. The van der Waals surface area contributed by atoms with Gasteiger partial charge in [0, 0.05) is 13.1 Å². The Labute approximate surface area is 30.4 Å². The van der Waals surface area contributed by atoms with Gasteiger partial charge in [0.05, 0.1) is 0 Å². The molecule has 1 saturated heterocycles. The zero-order valence-corrected chi connectivity index (χ0v) is 2.77. The Bertz CT molecular complexity index is 48.9. The summed E-state index contributed by atoms with van der Waals surface area (Å²) < 4.78 is 0. The van der Waals surface area contributed by atoms with Crippen molar-refractivity contribution in [1.82, 2.24) is 4.90 Å². The van der Waals surface area contributed by atoms with Crippen LogP contribution in [0.4, 0.5) is 0 Å². The summed E-state index contributed by atoms with van der Waals surface area (Å²) in [6, 6.07) is 0. The molecule has 0 aromatic carbocycles. The normalized spacial score (nSPS) is 18.8. The van der Waals surface area contributed by atoms with Crippen molar-refractivity contribution < 1.29 is 4.79 Å². The summed E-state index contributed by atoms with van der Waals surface area (Å²) in [5.74, 6) is 0. The first-order chi connectivity index (χ1) is 2.43. The van der Waals surface area contributed by atoms with E-state index in [1.165, 1.54) is 0 Å². The lowest BCUT2D eigenvalue weighted by atomic mass is 11.0. The SMILES string of the molecule is O=[C]N1CC1. The van der Waals surface area contributed by atoms with Crippen LogP contribution in [0.2, 0.25) is 0 Å². The lowest BCUT2D eigenvalue weighted by molar-refractivity contribution is 0.523. The monoisotopic (exact) mass is 70.0 g/mol. The highest BCUT2D eigenvalue weighted by Crippen LogP contribution is 1.94. The van der Waals surface area contributed by atoms with Crippen molar-refractivity contribution >= 4 is 6.41 Å². The van der Waals surface area contributed by atoms with Crippen LogP contribution < -0.4 is 0 Å². The summed E-state index contributed by atoms with van der Waals surface area (Å²) in [6.07, 6.45) is 1.72. The Hall–Kier alpha value is -0.530. The molecule has 0 saturated carbocycles. The van der Waals surface area contributed by atoms with E-state index >= 15 is 0 Å². The molecular formula is C3H4NO. The lowest BCUT2D eigenvalue weighted by Gasteiger charge is -1.68. The van der Waals surface area contributed by atoms with Crippen molar-refractivity contribution in [1.29, 1.82) is 0 Å². The lowest BCUT2D eigenvalue weighted by Crippen LogP contribution is -1.85.